The molecular formula is C20H34O2. The number of aryl methyl sites for hydroxylation is 1. The number of rotatable bonds is 13. The monoisotopic (exact) mass is 306 g/mol. The highest BCUT2D eigenvalue weighted by Crippen LogP contribution is 2.24. The topological polar surface area (TPSA) is 29.5 Å². The smallest absolute Gasteiger partial charge is 0.119 e. The van der Waals surface area contributed by atoms with E-state index in [0.29, 0.717) is 5.75 Å². The lowest BCUT2D eigenvalue weighted by molar-refractivity contribution is 0.410. The van der Waals surface area contributed by atoms with Gasteiger partial charge in [0.05, 0.1) is 7.11 Å². The van der Waals surface area contributed by atoms with Crippen LogP contribution in [0.1, 0.15) is 83.1 Å². The molecule has 0 spiro atoms. The van der Waals surface area contributed by atoms with E-state index in [1.807, 2.05) is 6.07 Å². The van der Waals surface area contributed by atoms with E-state index in [0.717, 1.165) is 24.2 Å². The minimum atomic E-state index is 0.396. The molecule has 126 valence electrons. The van der Waals surface area contributed by atoms with E-state index in [2.05, 4.69) is 6.92 Å². The standard InChI is InChI=1S/C20H34O2/c1-3-4-5-6-7-8-9-10-11-12-13-14-18-17-19(22-2)15-16-20(18)21/h15-17,21H,3-14H2,1-2H3. The average Bonchev–Trinajstić information content (AvgIpc) is 2.54. The number of phenols is 1. The van der Waals surface area contributed by atoms with Crippen molar-refractivity contribution in [1.29, 1.82) is 0 Å². The van der Waals surface area contributed by atoms with Gasteiger partial charge in [0.1, 0.15) is 11.5 Å². The lowest BCUT2D eigenvalue weighted by atomic mass is 10.0. The Morgan fingerprint density at radius 3 is 1.91 bits per heavy atom. The second kappa shape index (κ2) is 12.4. The average molecular weight is 306 g/mol. The van der Waals surface area contributed by atoms with Crippen molar-refractivity contribution in [2.45, 2.75) is 84.0 Å². The molecule has 22 heavy (non-hydrogen) atoms. The fourth-order valence-corrected chi connectivity index (χ4v) is 2.87. The number of ether oxygens (including phenoxy) is 1. The van der Waals surface area contributed by atoms with Gasteiger partial charge < -0.3 is 9.84 Å². The van der Waals surface area contributed by atoms with Crippen molar-refractivity contribution in [1.82, 2.24) is 0 Å². The maximum Gasteiger partial charge on any atom is 0.119 e. The van der Waals surface area contributed by atoms with Crippen LogP contribution in [0.3, 0.4) is 0 Å². The Bertz CT molecular complexity index is 387. The fourth-order valence-electron chi connectivity index (χ4n) is 2.87. The van der Waals surface area contributed by atoms with Crippen molar-refractivity contribution >= 4 is 0 Å². The molecular weight excluding hydrogens is 272 g/mol. The molecule has 0 atom stereocenters. The largest absolute Gasteiger partial charge is 0.508 e. The third-order valence-corrected chi connectivity index (χ3v) is 4.34. The number of benzene rings is 1. The van der Waals surface area contributed by atoms with Crippen LogP contribution in [0.4, 0.5) is 0 Å². The number of hydrogen-bond donors (Lipinski definition) is 1. The van der Waals surface area contributed by atoms with E-state index in [4.69, 9.17) is 4.74 Å². The van der Waals surface area contributed by atoms with Crippen LogP contribution in [0.15, 0.2) is 18.2 Å². The van der Waals surface area contributed by atoms with Gasteiger partial charge in [-0.15, -0.1) is 0 Å². The fraction of sp³-hybridized carbons (Fsp3) is 0.700. The van der Waals surface area contributed by atoms with Crippen molar-refractivity contribution in [3.8, 4) is 11.5 Å². The maximum absolute atomic E-state index is 9.84. The second-order valence-electron chi connectivity index (χ2n) is 6.28. The zero-order chi connectivity index (χ0) is 16.0. The molecule has 1 N–H and O–H groups in total. The molecule has 2 nitrogen and oxygen atoms in total. The molecule has 0 aliphatic heterocycles. The molecule has 0 aromatic heterocycles. The molecule has 1 aromatic rings. The first-order chi connectivity index (χ1) is 10.8. The first-order valence-electron chi connectivity index (χ1n) is 9.13. The predicted molar refractivity (Wildman–Crippen MR) is 94.8 cm³/mol. The van der Waals surface area contributed by atoms with E-state index in [1.165, 1.54) is 64.2 Å². The lowest BCUT2D eigenvalue weighted by Crippen LogP contribution is -1.90. The summed E-state index contributed by atoms with van der Waals surface area (Å²) in [5.41, 5.74) is 1.01. The highest BCUT2D eigenvalue weighted by molar-refractivity contribution is 5.39. The summed E-state index contributed by atoms with van der Waals surface area (Å²) in [6.45, 7) is 2.27. The molecule has 1 aromatic carbocycles. The number of aromatic hydroxyl groups is 1. The molecule has 0 aliphatic carbocycles. The Labute approximate surface area is 136 Å². The minimum absolute atomic E-state index is 0.396. The Morgan fingerprint density at radius 1 is 0.818 bits per heavy atom. The van der Waals surface area contributed by atoms with Crippen molar-refractivity contribution in [3.63, 3.8) is 0 Å². The van der Waals surface area contributed by atoms with Crippen LogP contribution in [0, 0.1) is 0 Å². The van der Waals surface area contributed by atoms with Gasteiger partial charge in [-0.05, 0) is 36.6 Å². The van der Waals surface area contributed by atoms with E-state index < -0.39 is 0 Å². The molecule has 0 saturated carbocycles. The molecule has 0 unspecified atom stereocenters. The normalized spacial score (nSPS) is 10.8. The Balaban J connectivity index is 1.99. The molecule has 0 heterocycles. The van der Waals surface area contributed by atoms with Crippen LogP contribution >= 0.6 is 0 Å². The first kappa shape index (κ1) is 18.9. The van der Waals surface area contributed by atoms with Gasteiger partial charge in [-0.25, -0.2) is 0 Å². The van der Waals surface area contributed by atoms with Gasteiger partial charge in [0.2, 0.25) is 0 Å². The lowest BCUT2D eigenvalue weighted by Gasteiger charge is -2.07. The summed E-state index contributed by atoms with van der Waals surface area (Å²) in [7, 11) is 1.67. The summed E-state index contributed by atoms with van der Waals surface area (Å²) < 4.78 is 5.21. The molecule has 0 bridgehead atoms. The molecule has 0 aliphatic rings. The van der Waals surface area contributed by atoms with Gasteiger partial charge >= 0.3 is 0 Å². The molecule has 0 fully saturated rings. The number of phenolic OH excluding ortho intramolecular Hbond substituents is 1. The molecule has 1 rings (SSSR count). The summed E-state index contributed by atoms with van der Waals surface area (Å²) in [5, 5.41) is 9.84. The van der Waals surface area contributed by atoms with Crippen molar-refractivity contribution in [2.24, 2.45) is 0 Å². The van der Waals surface area contributed by atoms with Crippen LogP contribution in [0.2, 0.25) is 0 Å². The summed E-state index contributed by atoms with van der Waals surface area (Å²) in [5.74, 6) is 1.23. The summed E-state index contributed by atoms with van der Waals surface area (Å²) >= 11 is 0. The van der Waals surface area contributed by atoms with Gasteiger partial charge in [-0.2, -0.15) is 0 Å². The van der Waals surface area contributed by atoms with Crippen molar-refractivity contribution < 1.29 is 9.84 Å². The van der Waals surface area contributed by atoms with Crippen LogP contribution in [0.5, 0.6) is 11.5 Å². The quantitative estimate of drug-likeness (QED) is 0.436. The second-order valence-corrected chi connectivity index (χ2v) is 6.28. The molecule has 2 heteroatoms. The molecule has 0 radical (unpaired) electrons. The third kappa shape index (κ3) is 8.31. The predicted octanol–water partition coefficient (Wildman–Crippen LogP) is 6.25. The van der Waals surface area contributed by atoms with Gasteiger partial charge in [-0.3, -0.25) is 0 Å². The van der Waals surface area contributed by atoms with Gasteiger partial charge in [-0.1, -0.05) is 71.1 Å². The third-order valence-electron chi connectivity index (χ3n) is 4.34. The van der Waals surface area contributed by atoms with Gasteiger partial charge in [0, 0.05) is 0 Å². The Hall–Kier alpha value is -1.18. The number of unbranched alkanes of at least 4 members (excludes halogenated alkanes) is 10. The van der Waals surface area contributed by atoms with Gasteiger partial charge in [0.15, 0.2) is 0 Å². The maximum atomic E-state index is 9.84. The van der Waals surface area contributed by atoms with E-state index in [1.54, 1.807) is 19.2 Å². The summed E-state index contributed by atoms with van der Waals surface area (Å²) in [6.07, 6.45) is 15.8. The van der Waals surface area contributed by atoms with Crippen molar-refractivity contribution in [2.75, 3.05) is 7.11 Å². The Morgan fingerprint density at radius 2 is 1.36 bits per heavy atom. The zero-order valence-electron chi connectivity index (χ0n) is 14.6. The van der Waals surface area contributed by atoms with E-state index >= 15 is 0 Å². The van der Waals surface area contributed by atoms with Crippen LogP contribution < -0.4 is 4.74 Å². The van der Waals surface area contributed by atoms with Crippen molar-refractivity contribution in [3.05, 3.63) is 23.8 Å². The van der Waals surface area contributed by atoms with Crippen LogP contribution in [-0.2, 0) is 6.42 Å². The Kier molecular flexibility index (Phi) is 10.6. The minimum Gasteiger partial charge on any atom is -0.508 e. The van der Waals surface area contributed by atoms with Gasteiger partial charge in [0.25, 0.3) is 0 Å². The van der Waals surface area contributed by atoms with E-state index in [9.17, 15) is 5.11 Å². The highest BCUT2D eigenvalue weighted by atomic mass is 16.5. The molecule has 0 amide bonds. The van der Waals surface area contributed by atoms with Crippen LogP contribution in [0.25, 0.3) is 0 Å². The van der Waals surface area contributed by atoms with Crippen LogP contribution in [-0.4, -0.2) is 12.2 Å². The SMILES string of the molecule is CCCCCCCCCCCCCc1cc(OC)ccc1O. The number of methoxy groups -OCH3 is 1. The highest BCUT2D eigenvalue weighted by Gasteiger charge is 2.03. The first-order valence-corrected chi connectivity index (χ1v) is 9.13. The number of hydrogen-bond acceptors (Lipinski definition) is 2. The molecule has 0 saturated heterocycles. The summed E-state index contributed by atoms with van der Waals surface area (Å²) in [6, 6.07) is 5.48. The van der Waals surface area contributed by atoms with E-state index in [-0.39, 0.29) is 0 Å². The summed E-state index contributed by atoms with van der Waals surface area (Å²) in [4.78, 5) is 0. The zero-order valence-corrected chi connectivity index (χ0v) is 14.6.